The zero-order chi connectivity index (χ0) is 28.7. The number of rotatable bonds is 6. The number of benzene rings is 1. The van der Waals surface area contributed by atoms with Gasteiger partial charge in [-0.3, -0.25) is 29.3 Å². The fraction of sp³-hybridized carbons (Fsp3) is 0.452. The van der Waals surface area contributed by atoms with Crippen molar-refractivity contribution in [1.29, 1.82) is 0 Å². The maximum absolute atomic E-state index is 13.2. The maximum Gasteiger partial charge on any atom is 0.234 e. The molecule has 6 rings (SSSR count). The molecule has 0 bridgehead atoms. The summed E-state index contributed by atoms with van der Waals surface area (Å²) < 4.78 is 2.04. The zero-order valence-electron chi connectivity index (χ0n) is 23.5. The number of pyridine rings is 1. The third kappa shape index (κ3) is 5.78. The number of halogens is 1. The van der Waals surface area contributed by atoms with Gasteiger partial charge in [-0.25, -0.2) is 4.98 Å². The van der Waals surface area contributed by atoms with Gasteiger partial charge in [-0.2, -0.15) is 5.10 Å². The number of aromatic nitrogens is 3. The molecular weight excluding hydrogens is 540 g/mol. The molecule has 0 aliphatic carbocycles. The molecule has 0 saturated carbocycles. The van der Waals surface area contributed by atoms with Crippen LogP contribution in [0.25, 0.3) is 11.1 Å². The first kappa shape index (κ1) is 27.6. The van der Waals surface area contributed by atoms with E-state index in [-0.39, 0.29) is 35.0 Å². The summed E-state index contributed by atoms with van der Waals surface area (Å²) in [5, 5.41) is 10.6. The van der Waals surface area contributed by atoms with Gasteiger partial charge < -0.3 is 5.32 Å². The van der Waals surface area contributed by atoms with Crippen LogP contribution in [0.3, 0.4) is 0 Å². The van der Waals surface area contributed by atoms with Gasteiger partial charge in [0.15, 0.2) is 0 Å². The molecule has 2 N–H and O–H groups in total. The van der Waals surface area contributed by atoms with E-state index in [0.29, 0.717) is 30.2 Å². The summed E-state index contributed by atoms with van der Waals surface area (Å²) in [6.07, 6.45) is 6.73. The Morgan fingerprint density at radius 2 is 1.90 bits per heavy atom. The van der Waals surface area contributed by atoms with E-state index in [1.54, 1.807) is 6.20 Å². The Morgan fingerprint density at radius 1 is 1.12 bits per heavy atom. The molecule has 1 aromatic carbocycles. The normalized spacial score (nSPS) is 21.0. The summed E-state index contributed by atoms with van der Waals surface area (Å²) in [6.45, 7) is 7.59. The van der Waals surface area contributed by atoms with E-state index in [9.17, 15) is 14.4 Å². The van der Waals surface area contributed by atoms with Crippen LogP contribution in [-0.2, 0) is 33.9 Å². The van der Waals surface area contributed by atoms with Crippen molar-refractivity contribution in [2.45, 2.75) is 65.0 Å². The van der Waals surface area contributed by atoms with Crippen molar-refractivity contribution in [3.63, 3.8) is 0 Å². The van der Waals surface area contributed by atoms with Crippen LogP contribution in [0.2, 0.25) is 5.02 Å². The summed E-state index contributed by atoms with van der Waals surface area (Å²) in [6, 6.07) is 9.82. The highest BCUT2D eigenvalue weighted by Gasteiger charge is 2.33. The third-order valence-corrected chi connectivity index (χ3v) is 8.89. The van der Waals surface area contributed by atoms with Crippen molar-refractivity contribution in [3.05, 3.63) is 64.6 Å². The molecule has 2 aromatic heterocycles. The molecule has 2 fully saturated rings. The van der Waals surface area contributed by atoms with Gasteiger partial charge in [0.2, 0.25) is 17.7 Å². The van der Waals surface area contributed by atoms with Crippen molar-refractivity contribution >= 4 is 35.1 Å². The van der Waals surface area contributed by atoms with Crippen molar-refractivity contribution in [1.82, 2.24) is 25.0 Å². The van der Waals surface area contributed by atoms with Gasteiger partial charge in [0.1, 0.15) is 5.82 Å². The molecule has 3 aliphatic rings. The summed E-state index contributed by atoms with van der Waals surface area (Å²) in [7, 11) is 0. The second-order valence-corrected chi connectivity index (χ2v) is 12.7. The minimum Gasteiger partial charge on any atom is -0.310 e. The largest absolute Gasteiger partial charge is 0.310 e. The Hall–Kier alpha value is -3.56. The monoisotopic (exact) mass is 574 g/mol. The SMILES string of the molecule is CC1(C)Cc2c(-c3cc(NC(=O)C4CCN(Cc5ccccc5C5CCC(=O)NC5=O)CC4)ncc3Cl)cnn2C1. The molecule has 0 spiro atoms. The van der Waals surface area contributed by atoms with Gasteiger partial charge in [0.25, 0.3) is 0 Å². The number of imide groups is 1. The molecule has 1 unspecified atom stereocenters. The van der Waals surface area contributed by atoms with Gasteiger partial charge in [-0.1, -0.05) is 49.7 Å². The van der Waals surface area contributed by atoms with Gasteiger partial charge in [-0.15, -0.1) is 0 Å². The number of hydrogen-bond acceptors (Lipinski definition) is 6. The molecule has 3 amide bonds. The van der Waals surface area contributed by atoms with E-state index in [4.69, 9.17) is 11.6 Å². The van der Waals surface area contributed by atoms with Crippen LogP contribution in [0.5, 0.6) is 0 Å². The number of fused-ring (bicyclic) bond motifs is 1. The lowest BCUT2D eigenvalue weighted by atomic mass is 9.87. The van der Waals surface area contributed by atoms with E-state index in [1.165, 1.54) is 0 Å². The smallest absolute Gasteiger partial charge is 0.234 e. The first-order valence-electron chi connectivity index (χ1n) is 14.3. The van der Waals surface area contributed by atoms with E-state index < -0.39 is 0 Å². The molecule has 0 radical (unpaired) electrons. The molecule has 41 heavy (non-hydrogen) atoms. The van der Waals surface area contributed by atoms with Gasteiger partial charge >= 0.3 is 0 Å². The number of nitrogens with one attached hydrogen (secondary N) is 2. The number of amides is 3. The summed E-state index contributed by atoms with van der Waals surface area (Å²) in [5.74, 6) is -0.380. The Bertz CT molecular complexity index is 1510. The lowest BCUT2D eigenvalue weighted by molar-refractivity contribution is -0.134. The van der Waals surface area contributed by atoms with Crippen LogP contribution in [0.4, 0.5) is 5.82 Å². The van der Waals surface area contributed by atoms with Crippen molar-refractivity contribution < 1.29 is 14.4 Å². The second-order valence-electron chi connectivity index (χ2n) is 12.3. The minimum atomic E-state index is -0.306. The first-order chi connectivity index (χ1) is 19.7. The van der Waals surface area contributed by atoms with E-state index in [2.05, 4.69) is 45.5 Å². The van der Waals surface area contributed by atoms with Gasteiger partial charge in [0, 0.05) is 48.4 Å². The highest BCUT2D eigenvalue weighted by atomic mass is 35.5. The van der Waals surface area contributed by atoms with Crippen LogP contribution in [0, 0.1) is 11.3 Å². The lowest BCUT2D eigenvalue weighted by Crippen LogP contribution is -2.40. The maximum atomic E-state index is 13.2. The molecule has 214 valence electrons. The molecule has 10 heteroatoms. The lowest BCUT2D eigenvalue weighted by Gasteiger charge is -2.32. The summed E-state index contributed by atoms with van der Waals surface area (Å²) >= 11 is 6.55. The molecule has 5 heterocycles. The number of carbonyl (C=O) groups is 3. The number of anilines is 1. The average molecular weight is 575 g/mol. The Balaban J connectivity index is 1.08. The number of piperidine rings is 2. The van der Waals surface area contributed by atoms with E-state index in [0.717, 1.165) is 66.8 Å². The molecule has 2 saturated heterocycles. The quantitative estimate of drug-likeness (QED) is 0.418. The Kier molecular flexibility index (Phi) is 7.42. The summed E-state index contributed by atoms with van der Waals surface area (Å²) in [5.41, 5.74) is 5.21. The zero-order valence-corrected chi connectivity index (χ0v) is 24.2. The van der Waals surface area contributed by atoms with E-state index in [1.807, 2.05) is 35.1 Å². The van der Waals surface area contributed by atoms with Crippen LogP contribution in [0.1, 0.15) is 62.3 Å². The first-order valence-corrected chi connectivity index (χ1v) is 14.7. The molecular formula is C31H35ClN6O3. The second kappa shape index (κ2) is 11.0. The van der Waals surface area contributed by atoms with Crippen molar-refractivity contribution in [2.24, 2.45) is 11.3 Å². The number of likely N-dealkylation sites (tertiary alicyclic amines) is 1. The topological polar surface area (TPSA) is 109 Å². The minimum absolute atomic E-state index is 0.0317. The summed E-state index contributed by atoms with van der Waals surface area (Å²) in [4.78, 5) is 44.0. The van der Waals surface area contributed by atoms with Crippen LogP contribution in [-0.4, -0.2) is 50.5 Å². The van der Waals surface area contributed by atoms with Crippen molar-refractivity contribution in [3.8, 4) is 11.1 Å². The molecule has 9 nitrogen and oxygen atoms in total. The predicted octanol–water partition coefficient (Wildman–Crippen LogP) is 4.55. The Morgan fingerprint density at radius 3 is 2.68 bits per heavy atom. The Labute approximate surface area is 244 Å². The number of nitrogens with zero attached hydrogens (tertiary/aromatic N) is 4. The van der Waals surface area contributed by atoms with E-state index >= 15 is 0 Å². The highest BCUT2D eigenvalue weighted by molar-refractivity contribution is 6.33. The number of carbonyl (C=O) groups excluding carboxylic acids is 3. The van der Waals surface area contributed by atoms with Crippen molar-refractivity contribution in [2.75, 3.05) is 18.4 Å². The third-order valence-electron chi connectivity index (χ3n) is 8.59. The van der Waals surface area contributed by atoms with Crippen LogP contribution in [0.15, 0.2) is 42.7 Å². The molecule has 3 aliphatic heterocycles. The standard InChI is InChI=1S/C31H35ClN6O3/c1-31(2)14-26-24(15-34-38(26)18-31)23-13-27(33-16-25(23)32)35-29(40)19-9-11-37(12-10-19)17-20-5-3-4-6-21(20)22-7-8-28(39)36-30(22)41/h3-6,13,15-16,19,22H,7-12,14,17-18H2,1-2H3,(H,33,35,40)(H,36,39,41). The van der Waals surface area contributed by atoms with Gasteiger partial charge in [-0.05, 0) is 61.4 Å². The highest BCUT2D eigenvalue weighted by Crippen LogP contribution is 2.39. The fourth-order valence-electron chi connectivity index (χ4n) is 6.42. The molecule has 1 atom stereocenters. The van der Waals surface area contributed by atoms with Crippen LogP contribution >= 0.6 is 11.6 Å². The van der Waals surface area contributed by atoms with Crippen LogP contribution < -0.4 is 10.6 Å². The molecule has 3 aromatic rings. The average Bonchev–Trinajstić information content (AvgIpc) is 3.45. The predicted molar refractivity (Wildman–Crippen MR) is 156 cm³/mol. The fourth-order valence-corrected chi connectivity index (χ4v) is 6.62. The number of hydrogen-bond donors (Lipinski definition) is 2. The van der Waals surface area contributed by atoms with Gasteiger partial charge in [0.05, 0.1) is 17.1 Å².